The molecule has 0 bridgehead atoms. The minimum atomic E-state index is -0.509. The quantitative estimate of drug-likeness (QED) is 0.597. The van der Waals surface area contributed by atoms with Gasteiger partial charge in [0.1, 0.15) is 11.9 Å². The van der Waals surface area contributed by atoms with E-state index in [9.17, 15) is 19.3 Å². The molecule has 2 aromatic carbocycles. The van der Waals surface area contributed by atoms with E-state index in [1.54, 1.807) is 18.2 Å². The van der Waals surface area contributed by atoms with E-state index < -0.39 is 4.92 Å². The molecule has 2 rings (SSSR count). The zero-order valence-corrected chi connectivity index (χ0v) is 14.1. The SMILES string of the molecule is CC(C)[C@@H]([NH2+]CC(=O)Nc1cccc([N+](=O)[O-])c1)c1ccc(F)cc1. The summed E-state index contributed by atoms with van der Waals surface area (Å²) in [7, 11) is 0. The third-order valence-corrected chi connectivity index (χ3v) is 3.87. The highest BCUT2D eigenvalue weighted by atomic mass is 19.1. The molecule has 0 saturated heterocycles. The molecule has 7 heteroatoms. The summed E-state index contributed by atoms with van der Waals surface area (Å²) in [6.07, 6.45) is 0. The van der Waals surface area contributed by atoms with Crippen molar-refractivity contribution in [3.63, 3.8) is 0 Å². The summed E-state index contributed by atoms with van der Waals surface area (Å²) in [5.74, 6) is -0.306. The van der Waals surface area contributed by atoms with Crippen molar-refractivity contribution in [1.82, 2.24) is 0 Å². The van der Waals surface area contributed by atoms with Gasteiger partial charge < -0.3 is 10.6 Å². The van der Waals surface area contributed by atoms with Crippen LogP contribution in [0.25, 0.3) is 0 Å². The number of rotatable bonds is 7. The average molecular weight is 346 g/mol. The normalized spacial score (nSPS) is 12.0. The number of carbonyl (C=O) groups is 1. The Balaban J connectivity index is 1.98. The monoisotopic (exact) mass is 346 g/mol. The van der Waals surface area contributed by atoms with E-state index in [4.69, 9.17) is 0 Å². The summed E-state index contributed by atoms with van der Waals surface area (Å²) in [6, 6.07) is 12.1. The van der Waals surface area contributed by atoms with Gasteiger partial charge in [-0.15, -0.1) is 0 Å². The number of nitrogens with one attached hydrogen (secondary N) is 1. The molecule has 0 spiro atoms. The molecule has 0 heterocycles. The van der Waals surface area contributed by atoms with Crippen LogP contribution in [0.4, 0.5) is 15.8 Å². The highest BCUT2D eigenvalue weighted by molar-refractivity contribution is 5.91. The number of carbonyl (C=O) groups excluding carboxylic acids is 1. The first kappa shape index (κ1) is 18.5. The number of nitrogens with zero attached hydrogens (tertiary/aromatic N) is 1. The minimum Gasteiger partial charge on any atom is -0.332 e. The zero-order chi connectivity index (χ0) is 18.4. The molecule has 0 aliphatic rings. The second kappa shape index (κ2) is 8.34. The number of nitro groups is 1. The maximum atomic E-state index is 13.1. The molecule has 6 nitrogen and oxygen atoms in total. The van der Waals surface area contributed by atoms with Crippen molar-refractivity contribution in [2.24, 2.45) is 5.92 Å². The van der Waals surface area contributed by atoms with Gasteiger partial charge in [-0.1, -0.05) is 32.0 Å². The molecule has 0 aliphatic heterocycles. The number of amides is 1. The van der Waals surface area contributed by atoms with Crippen molar-refractivity contribution in [1.29, 1.82) is 0 Å². The van der Waals surface area contributed by atoms with Crippen LogP contribution in [0.1, 0.15) is 25.5 Å². The highest BCUT2D eigenvalue weighted by Gasteiger charge is 2.20. The van der Waals surface area contributed by atoms with Crippen LogP contribution < -0.4 is 10.6 Å². The van der Waals surface area contributed by atoms with Crippen LogP contribution in [0.2, 0.25) is 0 Å². The molecule has 1 atom stereocenters. The van der Waals surface area contributed by atoms with Gasteiger partial charge >= 0.3 is 0 Å². The van der Waals surface area contributed by atoms with Gasteiger partial charge in [0.25, 0.3) is 11.6 Å². The molecule has 0 fully saturated rings. The van der Waals surface area contributed by atoms with E-state index in [0.29, 0.717) is 5.69 Å². The molecule has 0 aliphatic carbocycles. The first-order chi connectivity index (χ1) is 11.9. The van der Waals surface area contributed by atoms with Gasteiger partial charge in [-0.25, -0.2) is 4.39 Å². The van der Waals surface area contributed by atoms with Gasteiger partial charge in [0.2, 0.25) is 0 Å². The maximum absolute atomic E-state index is 13.1. The van der Waals surface area contributed by atoms with Crippen LogP contribution in [0.15, 0.2) is 48.5 Å². The van der Waals surface area contributed by atoms with Crippen molar-refractivity contribution in [3.8, 4) is 0 Å². The lowest BCUT2D eigenvalue weighted by Crippen LogP contribution is -2.88. The third kappa shape index (κ3) is 5.36. The van der Waals surface area contributed by atoms with Crippen LogP contribution in [-0.2, 0) is 4.79 Å². The fourth-order valence-electron chi connectivity index (χ4n) is 2.62. The van der Waals surface area contributed by atoms with E-state index in [1.165, 1.54) is 30.3 Å². The van der Waals surface area contributed by atoms with Crippen LogP contribution in [0.5, 0.6) is 0 Å². The van der Waals surface area contributed by atoms with Crippen molar-refractivity contribution in [2.45, 2.75) is 19.9 Å². The van der Waals surface area contributed by atoms with Crippen LogP contribution >= 0.6 is 0 Å². The zero-order valence-electron chi connectivity index (χ0n) is 14.1. The smallest absolute Gasteiger partial charge is 0.279 e. The Labute approximate surface area is 145 Å². The summed E-state index contributed by atoms with van der Waals surface area (Å²) in [6.45, 7) is 4.22. The number of hydrogen-bond acceptors (Lipinski definition) is 3. The van der Waals surface area contributed by atoms with Gasteiger partial charge in [-0.2, -0.15) is 0 Å². The standard InChI is InChI=1S/C18H20FN3O3/c1-12(2)18(13-6-8-14(19)9-7-13)20-11-17(23)21-15-4-3-5-16(10-15)22(24)25/h3-10,12,18,20H,11H2,1-2H3,(H,21,23)/p+1/t18-/m1/s1. The van der Waals surface area contributed by atoms with Gasteiger partial charge in [0, 0.05) is 29.3 Å². The molecule has 132 valence electrons. The number of halogens is 1. The van der Waals surface area contributed by atoms with E-state index in [0.717, 1.165) is 5.56 Å². The summed E-state index contributed by atoms with van der Waals surface area (Å²) < 4.78 is 13.1. The first-order valence-electron chi connectivity index (χ1n) is 8.00. The molecule has 3 N–H and O–H groups in total. The molecule has 0 unspecified atom stereocenters. The Morgan fingerprint density at radius 1 is 1.24 bits per heavy atom. The summed E-state index contributed by atoms with van der Waals surface area (Å²) in [5.41, 5.74) is 1.25. The lowest BCUT2D eigenvalue weighted by atomic mass is 9.96. The van der Waals surface area contributed by atoms with E-state index in [1.807, 2.05) is 19.2 Å². The number of benzene rings is 2. The predicted octanol–water partition coefficient (Wildman–Crippen LogP) is 2.63. The molecule has 2 aromatic rings. The molecule has 0 aromatic heterocycles. The predicted molar refractivity (Wildman–Crippen MR) is 92.5 cm³/mol. The van der Waals surface area contributed by atoms with Gasteiger partial charge in [0.15, 0.2) is 6.54 Å². The van der Waals surface area contributed by atoms with E-state index >= 15 is 0 Å². The highest BCUT2D eigenvalue weighted by Crippen LogP contribution is 2.18. The fourth-order valence-corrected chi connectivity index (χ4v) is 2.62. The number of anilines is 1. The molecule has 25 heavy (non-hydrogen) atoms. The molecular formula is C18H21FN3O3+. The lowest BCUT2D eigenvalue weighted by Gasteiger charge is -2.19. The maximum Gasteiger partial charge on any atom is 0.279 e. The number of non-ortho nitro benzene ring substituents is 1. The number of quaternary nitrogens is 1. The Kier molecular flexibility index (Phi) is 6.19. The van der Waals surface area contributed by atoms with E-state index in [2.05, 4.69) is 5.32 Å². The van der Waals surface area contributed by atoms with Crippen LogP contribution in [-0.4, -0.2) is 17.4 Å². The molecule has 0 radical (unpaired) electrons. The minimum absolute atomic E-state index is 0.0106. The van der Waals surface area contributed by atoms with Crippen molar-refractivity contribution < 1.29 is 19.4 Å². The van der Waals surface area contributed by atoms with Crippen molar-refractivity contribution >= 4 is 17.3 Å². The second-order valence-corrected chi connectivity index (χ2v) is 6.12. The lowest BCUT2D eigenvalue weighted by molar-refractivity contribution is -0.692. The van der Waals surface area contributed by atoms with Gasteiger partial charge in [-0.05, 0) is 18.2 Å². The number of nitrogens with two attached hydrogens (primary N) is 1. The number of hydrogen-bond donors (Lipinski definition) is 2. The molecule has 0 saturated carbocycles. The van der Waals surface area contributed by atoms with Crippen LogP contribution in [0.3, 0.4) is 0 Å². The summed E-state index contributed by atoms with van der Waals surface area (Å²) in [4.78, 5) is 22.4. The first-order valence-corrected chi connectivity index (χ1v) is 8.00. The summed E-state index contributed by atoms with van der Waals surface area (Å²) >= 11 is 0. The summed E-state index contributed by atoms with van der Waals surface area (Å²) in [5, 5.41) is 15.3. The van der Waals surface area contributed by atoms with E-state index in [-0.39, 0.29) is 35.9 Å². The van der Waals surface area contributed by atoms with Gasteiger partial charge in [0.05, 0.1) is 4.92 Å². The largest absolute Gasteiger partial charge is 0.332 e. The molecular weight excluding hydrogens is 325 g/mol. The fraction of sp³-hybridized carbons (Fsp3) is 0.278. The topological polar surface area (TPSA) is 88.8 Å². The molecule has 1 amide bonds. The second-order valence-electron chi connectivity index (χ2n) is 6.12. The van der Waals surface area contributed by atoms with Gasteiger partial charge in [-0.3, -0.25) is 14.9 Å². The third-order valence-electron chi connectivity index (χ3n) is 3.87. The Morgan fingerprint density at radius 3 is 2.52 bits per heavy atom. The Hall–Kier alpha value is -2.80. The van der Waals surface area contributed by atoms with Crippen molar-refractivity contribution in [2.75, 3.05) is 11.9 Å². The van der Waals surface area contributed by atoms with Crippen LogP contribution in [0, 0.1) is 21.8 Å². The van der Waals surface area contributed by atoms with Crippen molar-refractivity contribution in [3.05, 3.63) is 70.0 Å². The Bertz CT molecular complexity index is 747. The Morgan fingerprint density at radius 2 is 1.92 bits per heavy atom. The number of nitro benzene ring substituents is 1. The average Bonchev–Trinajstić information content (AvgIpc) is 2.56.